The summed E-state index contributed by atoms with van der Waals surface area (Å²) in [4.78, 5) is 20.4. The normalized spacial score (nSPS) is 11.8. The maximum Gasteiger partial charge on any atom is 0.293 e. The summed E-state index contributed by atoms with van der Waals surface area (Å²) in [6.45, 7) is 0. The number of thiazole rings is 1. The third-order valence-electron chi connectivity index (χ3n) is 2.91. The number of fused-ring (bicyclic) bond motifs is 1. The maximum atomic E-state index is 12.0. The summed E-state index contributed by atoms with van der Waals surface area (Å²) in [5.74, 6) is -0.413. The Labute approximate surface area is 123 Å². The van der Waals surface area contributed by atoms with Crippen molar-refractivity contribution in [2.24, 2.45) is 12.1 Å². The van der Waals surface area contributed by atoms with Gasteiger partial charge in [-0.1, -0.05) is 23.5 Å². The highest BCUT2D eigenvalue weighted by Gasteiger charge is 2.11. The van der Waals surface area contributed by atoms with Gasteiger partial charge < -0.3 is 10.3 Å². The van der Waals surface area contributed by atoms with E-state index in [2.05, 4.69) is 20.5 Å². The van der Waals surface area contributed by atoms with E-state index in [4.69, 9.17) is 5.73 Å². The van der Waals surface area contributed by atoms with Crippen molar-refractivity contribution < 1.29 is 4.79 Å². The number of amides is 1. The summed E-state index contributed by atoms with van der Waals surface area (Å²) in [5.41, 5.74) is 9.16. The number of para-hydroxylation sites is 1. The molecule has 0 atom stereocenters. The quantitative estimate of drug-likeness (QED) is 0.686. The van der Waals surface area contributed by atoms with Gasteiger partial charge >= 0.3 is 0 Å². The molecule has 0 saturated heterocycles. The largest absolute Gasteiger partial charge is 0.382 e. The highest BCUT2D eigenvalue weighted by molar-refractivity contribution is 7.16. The van der Waals surface area contributed by atoms with E-state index in [1.54, 1.807) is 0 Å². The van der Waals surface area contributed by atoms with Crippen LogP contribution in [0.15, 0.2) is 41.8 Å². The molecule has 0 aliphatic rings. The van der Waals surface area contributed by atoms with Crippen molar-refractivity contribution in [3.63, 3.8) is 0 Å². The second-order valence-corrected chi connectivity index (χ2v) is 5.26. The number of rotatable bonds is 2. The van der Waals surface area contributed by atoms with Crippen molar-refractivity contribution in [2.45, 2.75) is 0 Å². The molecule has 2 aromatic heterocycles. The van der Waals surface area contributed by atoms with Crippen LogP contribution in [0.25, 0.3) is 10.2 Å². The van der Waals surface area contributed by atoms with E-state index in [1.807, 2.05) is 35.9 Å². The third-order valence-corrected chi connectivity index (χ3v) is 4.02. The molecule has 0 radical (unpaired) electrons. The molecule has 1 amide bonds. The third kappa shape index (κ3) is 2.48. The topological polar surface area (TPSA) is 98.2 Å². The van der Waals surface area contributed by atoms with E-state index in [0.717, 1.165) is 10.2 Å². The number of nitrogens with two attached hydrogens (primary N) is 1. The van der Waals surface area contributed by atoms with Gasteiger partial charge in [-0.25, -0.2) is 15.4 Å². The monoisotopic (exact) mass is 300 g/mol. The summed E-state index contributed by atoms with van der Waals surface area (Å²) >= 11 is 1.48. The van der Waals surface area contributed by atoms with Gasteiger partial charge in [-0.3, -0.25) is 4.79 Å². The van der Waals surface area contributed by atoms with Crippen molar-refractivity contribution in [2.75, 3.05) is 5.73 Å². The number of benzene rings is 1. The molecule has 8 heteroatoms. The molecule has 0 bridgehead atoms. The average molecular weight is 300 g/mol. The van der Waals surface area contributed by atoms with Gasteiger partial charge in [-0.15, -0.1) is 5.10 Å². The van der Waals surface area contributed by atoms with Gasteiger partial charge in [0.15, 0.2) is 11.5 Å². The number of hydrogen-bond acceptors (Lipinski definition) is 6. The lowest BCUT2D eigenvalue weighted by Crippen LogP contribution is -2.25. The van der Waals surface area contributed by atoms with Crippen LogP contribution >= 0.6 is 11.3 Å². The predicted octanol–water partition coefficient (Wildman–Crippen LogP) is 0.858. The summed E-state index contributed by atoms with van der Waals surface area (Å²) in [5, 5.41) is 4.12. The second kappa shape index (κ2) is 5.33. The van der Waals surface area contributed by atoms with Crippen LogP contribution < -0.4 is 16.0 Å². The summed E-state index contributed by atoms with van der Waals surface area (Å²) in [6, 6.07) is 7.91. The molecule has 106 valence electrons. The number of aromatic nitrogens is 3. The Kier molecular flexibility index (Phi) is 3.36. The van der Waals surface area contributed by atoms with E-state index in [1.165, 1.54) is 23.7 Å². The van der Waals surface area contributed by atoms with Crippen LogP contribution in [0.4, 0.5) is 5.82 Å². The molecule has 2 heterocycles. The molecule has 3 rings (SSSR count). The number of aryl methyl sites for hydroxylation is 1. The molecule has 3 aromatic rings. The Morgan fingerprint density at radius 3 is 2.86 bits per heavy atom. The average Bonchev–Trinajstić information content (AvgIpc) is 2.82. The fourth-order valence-electron chi connectivity index (χ4n) is 1.86. The van der Waals surface area contributed by atoms with E-state index in [9.17, 15) is 4.79 Å². The Morgan fingerprint density at radius 2 is 2.10 bits per heavy atom. The lowest BCUT2D eigenvalue weighted by Gasteiger charge is -2.00. The van der Waals surface area contributed by atoms with Gasteiger partial charge in [0.05, 0.1) is 10.2 Å². The number of nitrogens with zero attached hydrogens (tertiary/aromatic N) is 4. The van der Waals surface area contributed by atoms with E-state index < -0.39 is 5.91 Å². The Bertz CT molecular complexity index is 881. The molecule has 0 aliphatic carbocycles. The van der Waals surface area contributed by atoms with Crippen molar-refractivity contribution in [1.29, 1.82) is 0 Å². The van der Waals surface area contributed by atoms with Crippen LogP contribution in [0.1, 0.15) is 10.5 Å². The van der Waals surface area contributed by atoms with Gasteiger partial charge in [0.25, 0.3) is 5.91 Å². The first kappa shape index (κ1) is 13.3. The van der Waals surface area contributed by atoms with Crippen molar-refractivity contribution in [1.82, 2.24) is 20.0 Å². The maximum absolute atomic E-state index is 12.0. The molecule has 0 saturated carbocycles. The molecule has 0 fully saturated rings. The minimum absolute atomic E-state index is 0.0602. The highest BCUT2D eigenvalue weighted by atomic mass is 32.1. The van der Waals surface area contributed by atoms with Crippen LogP contribution in [0.3, 0.4) is 0 Å². The van der Waals surface area contributed by atoms with Gasteiger partial charge in [-0.2, -0.15) is 0 Å². The minimum atomic E-state index is -0.488. The number of hydrogen-bond donors (Lipinski definition) is 2. The molecular weight excluding hydrogens is 288 g/mol. The number of carbonyl (C=O) groups is 1. The first-order valence-electron chi connectivity index (χ1n) is 6.12. The predicted molar refractivity (Wildman–Crippen MR) is 80.3 cm³/mol. The van der Waals surface area contributed by atoms with Crippen molar-refractivity contribution in [3.8, 4) is 0 Å². The fraction of sp³-hybridized carbons (Fsp3) is 0.0769. The summed E-state index contributed by atoms with van der Waals surface area (Å²) in [7, 11) is 1.89. The Hall–Kier alpha value is -2.74. The summed E-state index contributed by atoms with van der Waals surface area (Å²) < 4.78 is 2.99. The number of nitrogens with one attached hydrogen (secondary N) is 1. The molecular formula is C13H12N6OS. The standard InChI is InChI=1S/C13H12N6OS/c1-19-8-4-2-3-5-9(8)21-13(19)18-17-12(20)10-11(14)16-7-6-15-10/h2-7H,1H3,(H2,14,16)(H,17,20)/b18-13-. The van der Waals surface area contributed by atoms with Crippen molar-refractivity contribution >= 4 is 33.3 Å². The van der Waals surface area contributed by atoms with Crippen LogP contribution in [0.5, 0.6) is 0 Å². The molecule has 21 heavy (non-hydrogen) atoms. The highest BCUT2D eigenvalue weighted by Crippen LogP contribution is 2.14. The minimum Gasteiger partial charge on any atom is -0.382 e. The van der Waals surface area contributed by atoms with E-state index in [-0.39, 0.29) is 11.5 Å². The molecule has 0 aliphatic heterocycles. The first-order chi connectivity index (χ1) is 10.2. The number of carbonyl (C=O) groups excluding carboxylic acids is 1. The first-order valence-corrected chi connectivity index (χ1v) is 6.93. The molecule has 7 nitrogen and oxygen atoms in total. The van der Waals surface area contributed by atoms with Gasteiger partial charge in [-0.05, 0) is 12.1 Å². The second-order valence-electron chi connectivity index (χ2n) is 4.25. The lowest BCUT2D eigenvalue weighted by molar-refractivity contribution is 0.0948. The molecule has 0 unspecified atom stereocenters. The Balaban J connectivity index is 1.93. The van der Waals surface area contributed by atoms with Gasteiger partial charge in [0, 0.05) is 19.4 Å². The van der Waals surface area contributed by atoms with Crippen LogP contribution in [0, 0.1) is 0 Å². The number of nitrogen functional groups attached to an aromatic ring is 1. The zero-order valence-corrected chi connectivity index (χ0v) is 12.0. The lowest BCUT2D eigenvalue weighted by atomic mass is 10.3. The SMILES string of the molecule is Cn1/c(=N/NC(=O)c2nccnc2N)sc2ccccc21. The van der Waals surface area contributed by atoms with E-state index in [0.29, 0.717) is 4.80 Å². The molecule has 3 N–H and O–H groups in total. The molecule has 0 spiro atoms. The van der Waals surface area contributed by atoms with Gasteiger partial charge in [0.1, 0.15) is 0 Å². The van der Waals surface area contributed by atoms with E-state index >= 15 is 0 Å². The molecule has 1 aromatic carbocycles. The fourth-order valence-corrected chi connectivity index (χ4v) is 2.84. The zero-order valence-electron chi connectivity index (χ0n) is 11.1. The smallest absolute Gasteiger partial charge is 0.293 e. The van der Waals surface area contributed by atoms with Gasteiger partial charge in [0.2, 0.25) is 4.80 Å². The summed E-state index contributed by atoms with van der Waals surface area (Å²) in [6.07, 6.45) is 2.83. The van der Waals surface area contributed by atoms with Crippen molar-refractivity contribution in [3.05, 3.63) is 47.2 Å². The van der Waals surface area contributed by atoms with Crippen LogP contribution in [0.2, 0.25) is 0 Å². The van der Waals surface area contributed by atoms with Crippen LogP contribution in [-0.2, 0) is 7.05 Å². The zero-order chi connectivity index (χ0) is 14.8. The van der Waals surface area contributed by atoms with Crippen LogP contribution in [-0.4, -0.2) is 20.4 Å². The number of anilines is 1. The Morgan fingerprint density at radius 1 is 1.33 bits per heavy atom.